The maximum atomic E-state index is 12.6. The van der Waals surface area contributed by atoms with Crippen molar-refractivity contribution in [1.82, 2.24) is 20.4 Å². The fourth-order valence-electron chi connectivity index (χ4n) is 3.31. The lowest BCUT2D eigenvalue weighted by Gasteiger charge is -2.37. The molecular weight excluding hydrogens is 292 g/mol. The molecule has 0 unspecified atom stereocenters. The number of carbonyl (C=O) groups is 1. The number of aromatic nitrogens is 2. The van der Waals surface area contributed by atoms with Gasteiger partial charge in [0.05, 0.1) is 23.9 Å². The third-order valence-electron chi connectivity index (χ3n) is 4.63. The first-order valence-electron chi connectivity index (χ1n) is 8.32. The molecule has 0 radical (unpaired) electrons. The van der Waals surface area contributed by atoms with Crippen LogP contribution in [0, 0.1) is 12.3 Å². The molecule has 1 fully saturated rings. The van der Waals surface area contributed by atoms with Gasteiger partial charge >= 0.3 is 0 Å². The number of amides is 1. The number of nitrogens with one attached hydrogen (secondary N) is 2. The Balaban J connectivity index is 2.05. The van der Waals surface area contributed by atoms with Gasteiger partial charge in [-0.15, -0.1) is 0 Å². The highest BCUT2D eigenvalue weighted by molar-refractivity contribution is 5.95. The molecule has 23 heavy (non-hydrogen) atoms. The van der Waals surface area contributed by atoms with Crippen molar-refractivity contribution in [2.24, 2.45) is 5.41 Å². The number of rotatable bonds is 5. The topological polar surface area (TPSA) is 68.2 Å². The highest BCUT2D eigenvalue weighted by atomic mass is 16.5. The molecule has 2 heterocycles. The lowest BCUT2D eigenvalue weighted by molar-refractivity contribution is 0.0511. The Labute approximate surface area is 139 Å². The first-order valence-corrected chi connectivity index (χ1v) is 8.32. The van der Waals surface area contributed by atoms with E-state index in [0.29, 0.717) is 18.7 Å². The van der Waals surface area contributed by atoms with E-state index in [1.54, 1.807) is 13.3 Å². The second-order valence-corrected chi connectivity index (χ2v) is 7.59. The molecule has 1 aliphatic heterocycles. The number of ether oxygens (including phenoxy) is 1. The minimum Gasteiger partial charge on any atom is -0.384 e. The third kappa shape index (κ3) is 4.12. The normalized spacial score (nSPS) is 18.0. The maximum Gasteiger partial charge on any atom is 0.254 e. The van der Waals surface area contributed by atoms with Crippen LogP contribution in [0.4, 0.5) is 0 Å². The number of piperidine rings is 1. The summed E-state index contributed by atoms with van der Waals surface area (Å²) in [5.74, 6) is -0.0491. The minimum atomic E-state index is -0.130. The summed E-state index contributed by atoms with van der Waals surface area (Å²) in [4.78, 5) is 12.6. The van der Waals surface area contributed by atoms with Crippen LogP contribution in [0.25, 0.3) is 0 Å². The standard InChI is InChI=1S/C17H30N4O2/c1-13-14(10-20-21(13)16(2,3)4)15(22)19-11-17(12-23-5)6-8-18-9-7-17/h10,18H,6-9,11-12H2,1-5H3,(H,19,22). The zero-order valence-electron chi connectivity index (χ0n) is 15.0. The van der Waals surface area contributed by atoms with Crippen LogP contribution in [-0.4, -0.2) is 49.0 Å². The Morgan fingerprint density at radius 2 is 2.09 bits per heavy atom. The van der Waals surface area contributed by atoms with Gasteiger partial charge in [-0.3, -0.25) is 9.48 Å². The molecule has 1 amide bonds. The summed E-state index contributed by atoms with van der Waals surface area (Å²) < 4.78 is 7.30. The van der Waals surface area contributed by atoms with E-state index in [2.05, 4.69) is 36.5 Å². The van der Waals surface area contributed by atoms with Gasteiger partial charge in [-0.25, -0.2) is 0 Å². The molecule has 2 N–H and O–H groups in total. The molecule has 1 aliphatic rings. The molecule has 1 saturated heterocycles. The first-order chi connectivity index (χ1) is 10.8. The quantitative estimate of drug-likeness (QED) is 0.866. The average Bonchev–Trinajstić information content (AvgIpc) is 2.88. The Bertz CT molecular complexity index is 534. The molecule has 1 aromatic heterocycles. The predicted molar refractivity (Wildman–Crippen MR) is 90.7 cm³/mol. The number of carbonyl (C=O) groups excluding carboxylic acids is 1. The van der Waals surface area contributed by atoms with E-state index in [1.165, 1.54) is 0 Å². The van der Waals surface area contributed by atoms with Gasteiger partial charge in [-0.2, -0.15) is 5.10 Å². The molecule has 1 aromatic rings. The van der Waals surface area contributed by atoms with E-state index >= 15 is 0 Å². The molecular formula is C17H30N4O2. The van der Waals surface area contributed by atoms with Crippen molar-refractivity contribution in [3.8, 4) is 0 Å². The number of nitrogens with zero attached hydrogens (tertiary/aromatic N) is 2. The Morgan fingerprint density at radius 3 is 2.61 bits per heavy atom. The van der Waals surface area contributed by atoms with Crippen molar-refractivity contribution >= 4 is 5.91 Å². The molecule has 0 atom stereocenters. The third-order valence-corrected chi connectivity index (χ3v) is 4.63. The second kappa shape index (κ2) is 7.01. The van der Waals surface area contributed by atoms with Crippen molar-refractivity contribution < 1.29 is 9.53 Å². The van der Waals surface area contributed by atoms with E-state index < -0.39 is 0 Å². The van der Waals surface area contributed by atoms with Gasteiger partial charge in [-0.1, -0.05) is 0 Å². The zero-order valence-corrected chi connectivity index (χ0v) is 15.0. The first kappa shape index (κ1) is 17.9. The van der Waals surface area contributed by atoms with Crippen LogP contribution in [0.1, 0.15) is 49.7 Å². The molecule has 130 valence electrons. The largest absolute Gasteiger partial charge is 0.384 e. The summed E-state index contributed by atoms with van der Waals surface area (Å²) in [5, 5.41) is 10.8. The summed E-state index contributed by atoms with van der Waals surface area (Å²) in [6, 6.07) is 0. The maximum absolute atomic E-state index is 12.6. The molecule has 0 saturated carbocycles. The van der Waals surface area contributed by atoms with Crippen LogP contribution in [-0.2, 0) is 10.3 Å². The van der Waals surface area contributed by atoms with Crippen LogP contribution in [0.15, 0.2) is 6.20 Å². The minimum absolute atomic E-state index is 0.0313. The molecule has 0 bridgehead atoms. The van der Waals surface area contributed by atoms with Crippen molar-refractivity contribution in [3.05, 3.63) is 17.5 Å². The van der Waals surface area contributed by atoms with Crippen molar-refractivity contribution in [1.29, 1.82) is 0 Å². The molecule has 0 aromatic carbocycles. The van der Waals surface area contributed by atoms with Crippen molar-refractivity contribution in [2.75, 3.05) is 33.4 Å². The van der Waals surface area contributed by atoms with Crippen LogP contribution >= 0.6 is 0 Å². The SMILES string of the molecule is COCC1(CNC(=O)c2cnn(C(C)(C)C)c2C)CCNCC1. The summed E-state index contributed by atoms with van der Waals surface area (Å²) in [7, 11) is 1.73. The summed E-state index contributed by atoms with van der Waals surface area (Å²) >= 11 is 0. The van der Waals surface area contributed by atoms with Crippen LogP contribution < -0.4 is 10.6 Å². The number of hydrogen-bond acceptors (Lipinski definition) is 4. The smallest absolute Gasteiger partial charge is 0.254 e. The molecule has 6 nitrogen and oxygen atoms in total. The molecule has 0 aliphatic carbocycles. The average molecular weight is 322 g/mol. The fraction of sp³-hybridized carbons (Fsp3) is 0.765. The summed E-state index contributed by atoms with van der Waals surface area (Å²) in [6.45, 7) is 11.5. The van der Waals surface area contributed by atoms with Crippen LogP contribution in [0.3, 0.4) is 0 Å². The lowest BCUT2D eigenvalue weighted by atomic mass is 9.79. The predicted octanol–water partition coefficient (Wildman–Crippen LogP) is 1.69. The highest BCUT2D eigenvalue weighted by Gasteiger charge is 2.33. The molecule has 2 rings (SSSR count). The highest BCUT2D eigenvalue weighted by Crippen LogP contribution is 2.28. The van der Waals surface area contributed by atoms with E-state index in [1.807, 2.05) is 11.6 Å². The van der Waals surface area contributed by atoms with Crippen LogP contribution in [0.5, 0.6) is 0 Å². The van der Waals surface area contributed by atoms with Gasteiger partial charge in [0, 0.05) is 24.8 Å². The van der Waals surface area contributed by atoms with Gasteiger partial charge in [-0.05, 0) is 53.6 Å². The zero-order chi connectivity index (χ0) is 17.1. The Morgan fingerprint density at radius 1 is 1.43 bits per heavy atom. The van der Waals surface area contributed by atoms with E-state index in [-0.39, 0.29) is 16.9 Å². The summed E-state index contributed by atoms with van der Waals surface area (Å²) in [6.07, 6.45) is 3.70. The van der Waals surface area contributed by atoms with E-state index in [0.717, 1.165) is 31.6 Å². The van der Waals surface area contributed by atoms with Gasteiger partial charge in [0.1, 0.15) is 0 Å². The van der Waals surface area contributed by atoms with Gasteiger partial charge < -0.3 is 15.4 Å². The van der Waals surface area contributed by atoms with Crippen LogP contribution in [0.2, 0.25) is 0 Å². The molecule has 0 spiro atoms. The van der Waals surface area contributed by atoms with Gasteiger partial charge in [0.2, 0.25) is 0 Å². The van der Waals surface area contributed by atoms with Crippen molar-refractivity contribution in [2.45, 2.75) is 46.1 Å². The van der Waals surface area contributed by atoms with Gasteiger partial charge in [0.25, 0.3) is 5.91 Å². The van der Waals surface area contributed by atoms with Crippen molar-refractivity contribution in [3.63, 3.8) is 0 Å². The Kier molecular flexibility index (Phi) is 5.47. The van der Waals surface area contributed by atoms with E-state index in [4.69, 9.17) is 4.74 Å². The lowest BCUT2D eigenvalue weighted by Crippen LogP contribution is -2.47. The number of methoxy groups -OCH3 is 1. The van der Waals surface area contributed by atoms with E-state index in [9.17, 15) is 4.79 Å². The summed E-state index contributed by atoms with van der Waals surface area (Å²) in [5.41, 5.74) is 1.46. The Hall–Kier alpha value is -1.40. The number of hydrogen-bond donors (Lipinski definition) is 2. The van der Waals surface area contributed by atoms with Gasteiger partial charge in [0.15, 0.2) is 0 Å². The fourth-order valence-corrected chi connectivity index (χ4v) is 3.31. The molecule has 6 heteroatoms. The second-order valence-electron chi connectivity index (χ2n) is 7.59. The monoisotopic (exact) mass is 322 g/mol.